The zero-order chi connectivity index (χ0) is 44.0. The van der Waals surface area contributed by atoms with Crippen molar-refractivity contribution in [2.75, 3.05) is 32.9 Å². The Morgan fingerprint density at radius 2 is 1.20 bits per heavy atom. The van der Waals surface area contributed by atoms with Crippen LogP contribution in [-0.4, -0.2) is 140 Å². The third-order valence-electron chi connectivity index (χ3n) is 11.9. The Hall–Kier alpha value is -1.72. The minimum absolute atomic E-state index is 0.0483. The smallest absolute Gasteiger partial charge is 0.306 e. The van der Waals surface area contributed by atoms with Gasteiger partial charge in [0.25, 0.3) is 0 Å². The molecule has 0 aromatic carbocycles. The molecule has 3 fully saturated rings. The molecule has 1 amide bonds. The molecule has 352 valence electrons. The lowest BCUT2D eigenvalue weighted by Gasteiger charge is -2.43. The maximum Gasteiger partial charge on any atom is 0.306 e. The SMILES string of the molecule is CCCCCCCC/C=C\CCCCCCCC(=O)O[C@H]1[C@H](O)[C@@H](CO)O[C@@]1(CO)O[C@H]1O[C@H](CO)[C@@H](O)[C@H](O)[C@H]1O.CCCCCCCCCCCCN1CCCC1=O. The van der Waals surface area contributed by atoms with Crippen LogP contribution in [0.25, 0.3) is 0 Å². The van der Waals surface area contributed by atoms with Crippen LogP contribution in [0.3, 0.4) is 0 Å². The number of hydrogen-bond donors (Lipinski definition) is 7. The minimum atomic E-state index is -2.25. The van der Waals surface area contributed by atoms with E-state index in [1.165, 1.54) is 103 Å². The summed E-state index contributed by atoms with van der Waals surface area (Å²) < 4.78 is 21.9. The van der Waals surface area contributed by atoms with Gasteiger partial charge in [-0.1, -0.05) is 135 Å². The number of allylic oxidation sites excluding steroid dienone is 2. The number of esters is 1. The highest BCUT2D eigenvalue weighted by Crippen LogP contribution is 2.38. The van der Waals surface area contributed by atoms with Gasteiger partial charge in [-0.05, 0) is 44.9 Å². The van der Waals surface area contributed by atoms with E-state index in [1.807, 2.05) is 4.90 Å². The average molecular weight is 860 g/mol. The molecule has 14 heteroatoms. The molecule has 60 heavy (non-hydrogen) atoms. The molecular formula is C46H85NO13. The fourth-order valence-corrected chi connectivity index (χ4v) is 8.04. The van der Waals surface area contributed by atoms with Crippen molar-refractivity contribution >= 4 is 11.9 Å². The monoisotopic (exact) mass is 860 g/mol. The number of carbonyl (C=O) groups is 2. The van der Waals surface area contributed by atoms with Crippen molar-refractivity contribution in [3.8, 4) is 0 Å². The number of amides is 1. The zero-order valence-corrected chi connectivity index (χ0v) is 37.2. The molecule has 0 aromatic rings. The third kappa shape index (κ3) is 20.2. The van der Waals surface area contributed by atoms with Gasteiger partial charge in [0.1, 0.15) is 43.2 Å². The fourth-order valence-electron chi connectivity index (χ4n) is 8.04. The predicted octanol–water partition coefficient (Wildman–Crippen LogP) is 5.72. The molecule has 0 aromatic heterocycles. The molecule has 3 rings (SSSR count). The summed E-state index contributed by atoms with van der Waals surface area (Å²) in [5, 5.41) is 70.3. The molecule has 3 aliphatic heterocycles. The van der Waals surface area contributed by atoms with E-state index in [9.17, 15) is 45.3 Å². The lowest BCUT2D eigenvalue weighted by Crippen LogP contribution is -2.63. The molecule has 0 saturated carbocycles. The fraction of sp³-hybridized carbons (Fsp3) is 0.913. The van der Waals surface area contributed by atoms with Crippen LogP contribution in [0.15, 0.2) is 12.2 Å². The molecule has 7 N–H and O–H groups in total. The van der Waals surface area contributed by atoms with Crippen molar-refractivity contribution in [3.05, 3.63) is 12.2 Å². The van der Waals surface area contributed by atoms with Gasteiger partial charge in [-0.3, -0.25) is 9.59 Å². The lowest BCUT2D eigenvalue weighted by atomic mass is 9.99. The minimum Gasteiger partial charge on any atom is -0.454 e. The van der Waals surface area contributed by atoms with Gasteiger partial charge in [-0.15, -0.1) is 0 Å². The van der Waals surface area contributed by atoms with E-state index in [4.69, 9.17) is 18.9 Å². The molecule has 0 unspecified atom stereocenters. The number of likely N-dealkylation sites (tertiary alicyclic amines) is 1. The first-order valence-corrected chi connectivity index (χ1v) is 23.8. The summed E-state index contributed by atoms with van der Waals surface area (Å²) in [5.41, 5.74) is 0. The molecule has 0 radical (unpaired) electrons. The highest BCUT2D eigenvalue weighted by atomic mass is 16.8. The van der Waals surface area contributed by atoms with E-state index in [-0.39, 0.29) is 6.42 Å². The van der Waals surface area contributed by atoms with Crippen molar-refractivity contribution in [2.24, 2.45) is 0 Å². The van der Waals surface area contributed by atoms with Crippen molar-refractivity contribution < 1.29 is 64.3 Å². The summed E-state index contributed by atoms with van der Waals surface area (Å²) in [5.74, 6) is -2.54. The second kappa shape index (κ2) is 32.9. The maximum atomic E-state index is 12.6. The van der Waals surface area contributed by atoms with Gasteiger partial charge in [-0.25, -0.2) is 0 Å². The summed E-state index contributed by atoms with van der Waals surface area (Å²) in [6.45, 7) is 4.14. The molecule has 3 saturated heterocycles. The van der Waals surface area contributed by atoms with Gasteiger partial charge in [0.2, 0.25) is 11.7 Å². The number of carbonyl (C=O) groups excluding carboxylic acids is 2. The van der Waals surface area contributed by atoms with E-state index in [0.717, 1.165) is 64.5 Å². The Kier molecular flexibility index (Phi) is 29.8. The molecule has 0 aliphatic carbocycles. The van der Waals surface area contributed by atoms with E-state index < -0.39 is 80.6 Å². The summed E-state index contributed by atoms with van der Waals surface area (Å²) in [6, 6.07) is 0. The maximum absolute atomic E-state index is 12.6. The van der Waals surface area contributed by atoms with Crippen LogP contribution in [0.2, 0.25) is 0 Å². The van der Waals surface area contributed by atoms with Gasteiger partial charge in [0.05, 0.1) is 13.2 Å². The largest absolute Gasteiger partial charge is 0.454 e. The summed E-state index contributed by atoms with van der Waals surface area (Å²) in [6.07, 6.45) is 21.8. The number of unbranched alkanes of at least 4 members (excludes halogenated alkanes) is 20. The van der Waals surface area contributed by atoms with Crippen LogP contribution in [0.5, 0.6) is 0 Å². The van der Waals surface area contributed by atoms with Crippen molar-refractivity contribution in [3.63, 3.8) is 0 Å². The highest BCUT2D eigenvalue weighted by Gasteiger charge is 2.60. The van der Waals surface area contributed by atoms with E-state index in [1.54, 1.807) is 0 Å². The van der Waals surface area contributed by atoms with Crippen molar-refractivity contribution in [1.82, 2.24) is 4.90 Å². The lowest BCUT2D eigenvalue weighted by molar-refractivity contribution is -0.383. The number of rotatable bonds is 32. The Morgan fingerprint density at radius 1 is 0.683 bits per heavy atom. The zero-order valence-electron chi connectivity index (χ0n) is 37.2. The van der Waals surface area contributed by atoms with Crippen molar-refractivity contribution in [1.29, 1.82) is 0 Å². The first-order chi connectivity index (χ1) is 29.1. The summed E-state index contributed by atoms with van der Waals surface area (Å²) >= 11 is 0. The number of nitrogens with zero attached hydrogens (tertiary/aromatic N) is 1. The van der Waals surface area contributed by atoms with Crippen molar-refractivity contribution in [2.45, 2.75) is 236 Å². The molecule has 0 bridgehead atoms. The van der Waals surface area contributed by atoms with Crippen LogP contribution in [0, 0.1) is 0 Å². The molecule has 3 heterocycles. The Balaban J connectivity index is 0.000000573. The van der Waals surface area contributed by atoms with E-state index in [0.29, 0.717) is 12.3 Å². The third-order valence-corrected chi connectivity index (χ3v) is 11.9. The molecule has 3 aliphatic rings. The second-order valence-electron chi connectivity index (χ2n) is 17.0. The molecule has 9 atom stereocenters. The number of aliphatic hydroxyl groups is 7. The summed E-state index contributed by atoms with van der Waals surface area (Å²) in [7, 11) is 0. The molecule has 0 spiro atoms. The van der Waals surface area contributed by atoms with Gasteiger partial charge >= 0.3 is 5.97 Å². The highest BCUT2D eigenvalue weighted by molar-refractivity contribution is 5.78. The number of ether oxygens (including phenoxy) is 4. The van der Waals surface area contributed by atoms with Gasteiger partial charge < -0.3 is 59.6 Å². The topological polar surface area (TPSA) is 216 Å². The van der Waals surface area contributed by atoms with Crippen LogP contribution in [0.4, 0.5) is 0 Å². The van der Waals surface area contributed by atoms with E-state index >= 15 is 0 Å². The average Bonchev–Trinajstić information content (AvgIpc) is 3.78. The van der Waals surface area contributed by atoms with Crippen LogP contribution in [0.1, 0.15) is 181 Å². The molecule has 14 nitrogen and oxygen atoms in total. The van der Waals surface area contributed by atoms with Crippen LogP contribution in [-0.2, 0) is 28.5 Å². The van der Waals surface area contributed by atoms with Crippen LogP contribution >= 0.6 is 0 Å². The van der Waals surface area contributed by atoms with Gasteiger partial charge in [0, 0.05) is 25.9 Å². The Bertz CT molecular complexity index is 1130. The Labute approximate surface area is 361 Å². The first-order valence-electron chi connectivity index (χ1n) is 23.8. The first kappa shape index (κ1) is 54.4. The second-order valence-corrected chi connectivity index (χ2v) is 17.0. The number of aliphatic hydroxyl groups excluding tert-OH is 7. The standard InChI is InChI=1S/C30H54O12.C16H31NO/c1-2-3-4-5-6-7-8-9-10-11-12-13-14-15-16-17-23(34)40-28-25(36)22(19-32)41-30(28,20-33)42-29-27(38)26(37)24(35)21(18-31)39-29;1-2-3-4-5-6-7-8-9-10-11-14-17-15-12-13-16(17)18/h9-10,21-22,24-29,31-33,35-38H,2-8,11-20H2,1H3;2-15H2,1H3/b10-9-;/t21-,22-,24-,25-,26+,27-,28+,29-,30+;/m1./s1. The molecular weight excluding hydrogens is 774 g/mol. The van der Waals surface area contributed by atoms with Gasteiger partial charge in [-0.2, -0.15) is 0 Å². The van der Waals surface area contributed by atoms with Gasteiger partial charge in [0.15, 0.2) is 12.4 Å². The van der Waals surface area contributed by atoms with E-state index in [2.05, 4.69) is 26.0 Å². The normalized spacial score (nSPS) is 28.1. The van der Waals surface area contributed by atoms with Crippen LogP contribution < -0.4 is 0 Å². The predicted molar refractivity (Wildman–Crippen MR) is 230 cm³/mol. The number of hydrogen-bond acceptors (Lipinski definition) is 13. The summed E-state index contributed by atoms with van der Waals surface area (Å²) in [4.78, 5) is 26.1. The quantitative estimate of drug-likeness (QED) is 0.0245. The Morgan fingerprint density at radius 3 is 1.70 bits per heavy atom.